The number of allylic oxidation sites excluding steroid dienone is 2. The monoisotopic (exact) mass is 495 g/mol. The summed E-state index contributed by atoms with van der Waals surface area (Å²) in [5, 5.41) is 5.43. The Labute approximate surface area is 210 Å². The van der Waals surface area contributed by atoms with E-state index in [1.807, 2.05) is 81.9 Å². The lowest BCUT2D eigenvalue weighted by atomic mass is 10.1. The molecule has 188 valence electrons. The number of hydrogen-bond acceptors (Lipinski definition) is 5. The lowest BCUT2D eigenvalue weighted by Crippen LogP contribution is -2.18. The fraction of sp³-hybridized carbons (Fsp3) is 0.333. The van der Waals surface area contributed by atoms with Crippen LogP contribution in [-0.4, -0.2) is 45.1 Å². The fourth-order valence-electron chi connectivity index (χ4n) is 3.21. The van der Waals surface area contributed by atoms with Gasteiger partial charge in [-0.15, -0.1) is 0 Å². The highest BCUT2D eigenvalue weighted by molar-refractivity contribution is 7.44. The SMILES string of the molecule is C/C=C\C.CC.COP(Oc1ccccc1)N(C)CCc1c[nH]c2ccc(Cn3cncn3)cc12. The molecule has 0 fully saturated rings. The third-order valence-electron chi connectivity index (χ3n) is 5.04. The molecule has 0 aliphatic rings. The van der Waals surface area contributed by atoms with Crippen molar-refractivity contribution >= 4 is 19.4 Å². The first-order chi connectivity index (χ1) is 17.1. The maximum Gasteiger partial charge on any atom is 0.320 e. The van der Waals surface area contributed by atoms with E-state index in [1.165, 1.54) is 16.5 Å². The van der Waals surface area contributed by atoms with Crippen molar-refractivity contribution < 1.29 is 9.05 Å². The van der Waals surface area contributed by atoms with Crippen molar-refractivity contribution in [2.75, 3.05) is 20.7 Å². The molecule has 0 bridgehead atoms. The molecule has 7 nitrogen and oxygen atoms in total. The molecule has 0 radical (unpaired) electrons. The van der Waals surface area contributed by atoms with Gasteiger partial charge in [0, 0.05) is 30.8 Å². The van der Waals surface area contributed by atoms with Crippen LogP contribution in [0, 0.1) is 0 Å². The molecule has 2 aromatic heterocycles. The summed E-state index contributed by atoms with van der Waals surface area (Å²) in [4.78, 5) is 7.38. The van der Waals surface area contributed by atoms with E-state index in [1.54, 1.807) is 19.8 Å². The van der Waals surface area contributed by atoms with Gasteiger partial charge in [-0.05, 0) is 62.7 Å². The summed E-state index contributed by atoms with van der Waals surface area (Å²) in [5.74, 6) is 0.817. The largest absolute Gasteiger partial charge is 0.436 e. The molecule has 0 saturated carbocycles. The van der Waals surface area contributed by atoms with Crippen molar-refractivity contribution in [2.45, 2.75) is 40.7 Å². The smallest absolute Gasteiger partial charge is 0.320 e. The molecule has 2 aromatic carbocycles. The van der Waals surface area contributed by atoms with Crippen LogP contribution in [0.4, 0.5) is 0 Å². The predicted octanol–water partition coefficient (Wildman–Crippen LogP) is 6.84. The minimum atomic E-state index is -1.15. The average molecular weight is 496 g/mol. The predicted molar refractivity (Wildman–Crippen MR) is 147 cm³/mol. The highest BCUT2D eigenvalue weighted by atomic mass is 31.2. The minimum Gasteiger partial charge on any atom is -0.436 e. The molecule has 4 aromatic rings. The van der Waals surface area contributed by atoms with E-state index in [9.17, 15) is 0 Å². The third kappa shape index (κ3) is 8.95. The van der Waals surface area contributed by atoms with Crippen LogP contribution in [0.15, 0.2) is 79.5 Å². The van der Waals surface area contributed by atoms with E-state index in [0.717, 1.165) is 24.2 Å². The van der Waals surface area contributed by atoms with Gasteiger partial charge in [0.15, 0.2) is 0 Å². The molecule has 0 aliphatic heterocycles. The van der Waals surface area contributed by atoms with E-state index in [-0.39, 0.29) is 0 Å². The maximum atomic E-state index is 6.01. The summed E-state index contributed by atoms with van der Waals surface area (Å²) < 4.78 is 15.6. The number of para-hydroxylation sites is 1. The number of likely N-dealkylation sites (N-methyl/N-ethyl adjacent to an activating group) is 1. The van der Waals surface area contributed by atoms with Gasteiger partial charge in [0.25, 0.3) is 0 Å². The van der Waals surface area contributed by atoms with Gasteiger partial charge in [0.05, 0.1) is 6.54 Å². The fourth-order valence-corrected chi connectivity index (χ4v) is 4.27. The highest BCUT2D eigenvalue weighted by Gasteiger charge is 2.18. The van der Waals surface area contributed by atoms with Gasteiger partial charge >= 0.3 is 8.53 Å². The summed E-state index contributed by atoms with van der Waals surface area (Å²) in [5.41, 5.74) is 3.61. The van der Waals surface area contributed by atoms with E-state index in [2.05, 4.69) is 44.1 Å². The summed E-state index contributed by atoms with van der Waals surface area (Å²) in [6, 6.07) is 16.2. The van der Waals surface area contributed by atoms with Crippen LogP contribution in [0.3, 0.4) is 0 Å². The van der Waals surface area contributed by atoms with Gasteiger partial charge in [0.1, 0.15) is 18.4 Å². The molecule has 1 atom stereocenters. The number of rotatable bonds is 9. The molecule has 4 rings (SSSR count). The van der Waals surface area contributed by atoms with E-state index < -0.39 is 8.53 Å². The molecule has 1 unspecified atom stereocenters. The molecule has 2 heterocycles. The number of H-pyrrole nitrogens is 1. The quantitative estimate of drug-likeness (QED) is 0.203. The van der Waals surface area contributed by atoms with Crippen molar-refractivity contribution in [2.24, 2.45) is 0 Å². The molecular weight excluding hydrogens is 457 g/mol. The van der Waals surface area contributed by atoms with E-state index in [4.69, 9.17) is 9.05 Å². The van der Waals surface area contributed by atoms with Gasteiger partial charge in [-0.25, -0.2) is 14.3 Å². The first-order valence-electron chi connectivity index (χ1n) is 11.9. The molecule has 0 aliphatic carbocycles. The van der Waals surface area contributed by atoms with E-state index >= 15 is 0 Å². The Bertz CT molecular complexity index is 1110. The number of aromatic amines is 1. The zero-order valence-corrected chi connectivity index (χ0v) is 22.6. The van der Waals surface area contributed by atoms with Gasteiger partial charge in [0.2, 0.25) is 0 Å². The molecule has 0 saturated heterocycles. The Balaban J connectivity index is 0.000000655. The molecular formula is C27H38N5O2P. The Morgan fingerprint density at radius 2 is 1.83 bits per heavy atom. The van der Waals surface area contributed by atoms with Gasteiger partial charge in [-0.1, -0.05) is 50.3 Å². The minimum absolute atomic E-state index is 0.709. The Hall–Kier alpha value is -2.99. The third-order valence-corrected chi connectivity index (χ3v) is 6.48. The Morgan fingerprint density at radius 1 is 1.09 bits per heavy atom. The molecule has 0 amide bonds. The topological polar surface area (TPSA) is 68.2 Å². The van der Waals surface area contributed by atoms with Crippen LogP contribution in [0.1, 0.15) is 38.8 Å². The molecule has 1 N–H and O–H groups in total. The molecule has 8 heteroatoms. The first-order valence-corrected chi connectivity index (χ1v) is 13.0. The molecule has 35 heavy (non-hydrogen) atoms. The normalized spacial score (nSPS) is 11.6. The lowest BCUT2D eigenvalue weighted by Gasteiger charge is -2.24. The second kappa shape index (κ2) is 15.8. The first kappa shape index (κ1) is 28.2. The second-order valence-corrected chi connectivity index (χ2v) is 9.12. The van der Waals surface area contributed by atoms with Gasteiger partial charge < -0.3 is 14.0 Å². The number of hydrogen-bond donors (Lipinski definition) is 1. The zero-order valence-electron chi connectivity index (χ0n) is 21.7. The highest BCUT2D eigenvalue weighted by Crippen LogP contribution is 2.41. The molecule has 0 spiro atoms. The van der Waals surface area contributed by atoms with Crippen LogP contribution >= 0.6 is 8.53 Å². The summed E-state index contributed by atoms with van der Waals surface area (Å²) >= 11 is 0. The summed E-state index contributed by atoms with van der Waals surface area (Å²) in [7, 11) is 2.57. The van der Waals surface area contributed by atoms with Crippen LogP contribution in [0.2, 0.25) is 0 Å². The zero-order chi connectivity index (χ0) is 25.5. The number of fused-ring (bicyclic) bond motifs is 1. The van der Waals surface area contributed by atoms with Crippen LogP contribution in [-0.2, 0) is 17.5 Å². The number of aromatic nitrogens is 4. The Morgan fingerprint density at radius 3 is 2.46 bits per heavy atom. The van der Waals surface area contributed by atoms with Crippen molar-refractivity contribution in [3.63, 3.8) is 0 Å². The lowest BCUT2D eigenvalue weighted by molar-refractivity contribution is 0.329. The van der Waals surface area contributed by atoms with E-state index in [0.29, 0.717) is 6.54 Å². The van der Waals surface area contributed by atoms with Crippen molar-refractivity contribution in [3.05, 3.63) is 90.7 Å². The van der Waals surface area contributed by atoms with Crippen molar-refractivity contribution in [1.29, 1.82) is 0 Å². The van der Waals surface area contributed by atoms with Crippen molar-refractivity contribution in [1.82, 2.24) is 24.4 Å². The Kier molecular flexibility index (Phi) is 12.8. The summed E-state index contributed by atoms with van der Waals surface area (Å²) in [6.07, 6.45) is 10.3. The standard InChI is InChI=1S/C21H24N5O2P.C4H8.C2H6/c1-25(29(27-2)28-19-6-4-3-5-7-19)11-10-18-13-23-21-9-8-17(12-20(18)21)14-26-16-22-15-24-26;1-3-4-2;1-2/h3-9,12-13,15-16,23H,10-11,14H2,1-2H3;3-4H,1-2H3;1-2H3/b;4-3-;. The van der Waals surface area contributed by atoms with Gasteiger partial charge in [-0.3, -0.25) is 0 Å². The second-order valence-electron chi connectivity index (χ2n) is 7.41. The van der Waals surface area contributed by atoms with Crippen LogP contribution in [0.5, 0.6) is 5.75 Å². The maximum absolute atomic E-state index is 6.01. The van der Waals surface area contributed by atoms with Crippen LogP contribution < -0.4 is 4.52 Å². The number of nitrogens with zero attached hydrogens (tertiary/aromatic N) is 4. The number of benzene rings is 2. The summed E-state index contributed by atoms with van der Waals surface area (Å²) in [6.45, 7) is 9.53. The van der Waals surface area contributed by atoms with Crippen LogP contribution in [0.25, 0.3) is 10.9 Å². The number of nitrogens with one attached hydrogen (secondary N) is 1. The van der Waals surface area contributed by atoms with Crippen molar-refractivity contribution in [3.8, 4) is 5.75 Å². The average Bonchev–Trinajstić information content (AvgIpc) is 3.57. The van der Waals surface area contributed by atoms with Gasteiger partial charge in [-0.2, -0.15) is 5.10 Å².